The second kappa shape index (κ2) is 8.84. The van der Waals surface area contributed by atoms with Gasteiger partial charge in [0.15, 0.2) is 17.6 Å². The Hall–Kier alpha value is -2.93. The number of halogens is 1. The fourth-order valence-corrected chi connectivity index (χ4v) is 2.90. The van der Waals surface area contributed by atoms with Gasteiger partial charge in [-0.05, 0) is 43.2 Å². The highest BCUT2D eigenvalue weighted by molar-refractivity contribution is 6.32. The molecule has 0 radical (unpaired) electrons. The number of fused-ring (bicyclic) bond motifs is 1. The van der Waals surface area contributed by atoms with Gasteiger partial charge in [-0.2, -0.15) is 0 Å². The van der Waals surface area contributed by atoms with E-state index in [9.17, 15) is 9.59 Å². The lowest BCUT2D eigenvalue weighted by Crippen LogP contribution is -2.36. The second-order valence-corrected chi connectivity index (χ2v) is 6.54. The molecule has 1 heterocycles. The van der Waals surface area contributed by atoms with Gasteiger partial charge in [0.2, 0.25) is 6.79 Å². The van der Waals surface area contributed by atoms with Crippen LogP contribution in [0.2, 0.25) is 5.02 Å². The van der Waals surface area contributed by atoms with Gasteiger partial charge >= 0.3 is 5.97 Å². The van der Waals surface area contributed by atoms with E-state index in [0.29, 0.717) is 24.5 Å². The average Bonchev–Trinajstić information content (AvgIpc) is 3.17. The van der Waals surface area contributed by atoms with Gasteiger partial charge in [0.05, 0.1) is 17.7 Å². The van der Waals surface area contributed by atoms with E-state index in [4.69, 9.17) is 30.5 Å². The number of esters is 1. The van der Waals surface area contributed by atoms with Crippen LogP contribution >= 0.6 is 11.6 Å². The van der Waals surface area contributed by atoms with E-state index in [1.807, 2.05) is 24.3 Å². The van der Waals surface area contributed by atoms with E-state index in [-0.39, 0.29) is 23.3 Å². The molecular weight excluding hydrogens is 386 g/mol. The van der Waals surface area contributed by atoms with Crippen LogP contribution < -0.4 is 19.5 Å². The molecule has 1 aliphatic heterocycles. The molecule has 2 aromatic rings. The molecule has 7 nitrogen and oxygen atoms in total. The van der Waals surface area contributed by atoms with E-state index in [2.05, 4.69) is 5.32 Å². The summed E-state index contributed by atoms with van der Waals surface area (Å²) in [5.41, 5.74) is 1.24. The second-order valence-electron chi connectivity index (χ2n) is 6.13. The maximum atomic E-state index is 12.3. The minimum atomic E-state index is -0.951. The van der Waals surface area contributed by atoms with Crippen molar-refractivity contribution in [3.63, 3.8) is 0 Å². The number of carbonyl (C=O) groups excluding carboxylic acids is 2. The molecule has 0 aliphatic carbocycles. The molecule has 1 atom stereocenters. The predicted octanol–water partition coefficient (Wildman–Crippen LogP) is 2.98. The van der Waals surface area contributed by atoms with Crippen molar-refractivity contribution in [2.45, 2.75) is 19.4 Å². The van der Waals surface area contributed by atoms with Crippen molar-refractivity contribution in [2.75, 3.05) is 20.4 Å². The van der Waals surface area contributed by atoms with Gasteiger partial charge in [-0.3, -0.25) is 4.79 Å². The topological polar surface area (TPSA) is 83.1 Å². The first-order chi connectivity index (χ1) is 13.5. The summed E-state index contributed by atoms with van der Waals surface area (Å²) in [7, 11) is 1.61. The maximum absolute atomic E-state index is 12.3. The molecular formula is C20H20ClNO6. The standard InChI is InChI=1S/C20H20ClNO6/c1-12(19(23)22-8-7-13-3-5-15(25-2)6-4-13)28-20(24)14-9-16(21)18-17(10-14)26-11-27-18/h3-6,9-10,12H,7-8,11H2,1-2H3,(H,22,23)/t12-/m1/s1. The SMILES string of the molecule is COc1ccc(CCNC(=O)[C@@H](C)OC(=O)c2cc(Cl)c3c(c2)OCO3)cc1. The molecule has 1 amide bonds. The zero-order valence-electron chi connectivity index (χ0n) is 15.5. The number of methoxy groups -OCH3 is 1. The number of hydrogen-bond acceptors (Lipinski definition) is 6. The minimum Gasteiger partial charge on any atom is -0.497 e. The van der Waals surface area contributed by atoms with Gasteiger partial charge in [0.1, 0.15) is 5.75 Å². The quantitative estimate of drug-likeness (QED) is 0.713. The van der Waals surface area contributed by atoms with Crippen LogP contribution in [0.3, 0.4) is 0 Å². The van der Waals surface area contributed by atoms with Crippen molar-refractivity contribution in [3.05, 3.63) is 52.5 Å². The minimum absolute atomic E-state index is 0.0422. The molecule has 0 unspecified atom stereocenters. The van der Waals surface area contributed by atoms with Crippen LogP contribution in [-0.2, 0) is 16.0 Å². The molecule has 1 N–H and O–H groups in total. The summed E-state index contributed by atoms with van der Waals surface area (Å²) in [5.74, 6) is 0.488. The summed E-state index contributed by atoms with van der Waals surface area (Å²) < 4.78 is 20.8. The van der Waals surface area contributed by atoms with Gasteiger partial charge in [-0.25, -0.2) is 4.79 Å². The van der Waals surface area contributed by atoms with Crippen LogP contribution in [0, 0.1) is 0 Å². The molecule has 0 aromatic heterocycles. The third kappa shape index (κ3) is 4.67. The van der Waals surface area contributed by atoms with Gasteiger partial charge in [0.25, 0.3) is 5.91 Å². The predicted molar refractivity (Wildman–Crippen MR) is 102 cm³/mol. The third-order valence-electron chi connectivity index (χ3n) is 4.19. The molecule has 0 fully saturated rings. The number of rotatable bonds is 7. The summed E-state index contributed by atoms with van der Waals surface area (Å²) in [5, 5.41) is 3.00. The Bertz CT molecular complexity index is 868. The van der Waals surface area contributed by atoms with Crippen molar-refractivity contribution < 1.29 is 28.5 Å². The molecule has 0 saturated heterocycles. The van der Waals surface area contributed by atoms with E-state index >= 15 is 0 Å². The van der Waals surface area contributed by atoms with Crippen LogP contribution in [0.4, 0.5) is 0 Å². The van der Waals surface area contributed by atoms with E-state index in [1.54, 1.807) is 7.11 Å². The molecule has 8 heteroatoms. The number of ether oxygens (including phenoxy) is 4. The Morgan fingerprint density at radius 3 is 2.68 bits per heavy atom. The average molecular weight is 406 g/mol. The number of carbonyl (C=O) groups is 2. The Kier molecular flexibility index (Phi) is 6.26. The molecule has 148 valence electrons. The lowest BCUT2D eigenvalue weighted by atomic mass is 10.1. The number of nitrogens with one attached hydrogen (secondary N) is 1. The highest BCUT2D eigenvalue weighted by Gasteiger charge is 2.24. The summed E-state index contributed by atoms with van der Waals surface area (Å²) in [6, 6.07) is 10.5. The largest absolute Gasteiger partial charge is 0.497 e. The fraction of sp³-hybridized carbons (Fsp3) is 0.300. The highest BCUT2D eigenvalue weighted by Crippen LogP contribution is 2.39. The molecule has 0 spiro atoms. The van der Waals surface area contributed by atoms with E-state index in [0.717, 1.165) is 11.3 Å². The van der Waals surface area contributed by atoms with Gasteiger partial charge in [-0.1, -0.05) is 23.7 Å². The summed E-state index contributed by atoms with van der Waals surface area (Å²) >= 11 is 6.06. The molecule has 0 saturated carbocycles. The highest BCUT2D eigenvalue weighted by atomic mass is 35.5. The van der Waals surface area contributed by atoms with Crippen LogP contribution in [-0.4, -0.2) is 38.4 Å². The fourth-order valence-electron chi connectivity index (χ4n) is 2.63. The van der Waals surface area contributed by atoms with Crippen molar-refractivity contribution >= 4 is 23.5 Å². The van der Waals surface area contributed by atoms with Crippen LogP contribution in [0.25, 0.3) is 0 Å². The van der Waals surface area contributed by atoms with Crippen LogP contribution in [0.15, 0.2) is 36.4 Å². The van der Waals surface area contributed by atoms with E-state index in [1.165, 1.54) is 19.1 Å². The molecule has 1 aliphatic rings. The lowest BCUT2D eigenvalue weighted by Gasteiger charge is -2.14. The number of benzene rings is 2. The summed E-state index contributed by atoms with van der Waals surface area (Å²) in [6.45, 7) is 1.97. The monoisotopic (exact) mass is 405 g/mol. The Balaban J connectivity index is 1.49. The molecule has 3 rings (SSSR count). The molecule has 28 heavy (non-hydrogen) atoms. The van der Waals surface area contributed by atoms with Crippen molar-refractivity contribution in [3.8, 4) is 17.2 Å². The molecule has 2 aromatic carbocycles. The smallest absolute Gasteiger partial charge is 0.339 e. The molecule has 0 bridgehead atoms. The zero-order chi connectivity index (χ0) is 20.1. The normalized spacial score (nSPS) is 13.0. The first-order valence-corrected chi connectivity index (χ1v) is 9.06. The number of amides is 1. The Labute approximate surface area is 167 Å². The Morgan fingerprint density at radius 1 is 1.21 bits per heavy atom. The van der Waals surface area contributed by atoms with Gasteiger partial charge in [0, 0.05) is 6.54 Å². The third-order valence-corrected chi connectivity index (χ3v) is 4.47. The van der Waals surface area contributed by atoms with Crippen molar-refractivity contribution in [1.82, 2.24) is 5.32 Å². The number of hydrogen-bond donors (Lipinski definition) is 1. The maximum Gasteiger partial charge on any atom is 0.339 e. The van der Waals surface area contributed by atoms with Crippen molar-refractivity contribution in [1.29, 1.82) is 0 Å². The zero-order valence-corrected chi connectivity index (χ0v) is 16.2. The van der Waals surface area contributed by atoms with Crippen molar-refractivity contribution in [2.24, 2.45) is 0 Å². The van der Waals surface area contributed by atoms with Crippen LogP contribution in [0.5, 0.6) is 17.2 Å². The summed E-state index contributed by atoms with van der Waals surface area (Å²) in [6.07, 6.45) is -0.304. The lowest BCUT2D eigenvalue weighted by molar-refractivity contribution is -0.129. The summed E-state index contributed by atoms with van der Waals surface area (Å²) in [4.78, 5) is 24.5. The Morgan fingerprint density at radius 2 is 1.96 bits per heavy atom. The van der Waals surface area contributed by atoms with Gasteiger partial charge < -0.3 is 24.3 Å². The van der Waals surface area contributed by atoms with E-state index < -0.39 is 12.1 Å². The van der Waals surface area contributed by atoms with Crippen LogP contribution in [0.1, 0.15) is 22.8 Å². The first-order valence-electron chi connectivity index (χ1n) is 8.68. The van der Waals surface area contributed by atoms with Gasteiger partial charge in [-0.15, -0.1) is 0 Å². The first kappa shape index (κ1) is 19.8.